The zero-order valence-corrected chi connectivity index (χ0v) is 14.6. The number of benzene rings is 1. The standard InChI is InChI=1S/C17H21ClN6O/c18-14-4-2-1-3-13(14)10-21-17-22-11-15(24-25)16(23-17)20-9-12-5-7-19-8-6-12/h1-4,11-12,19H,5-10H2,(H2,20,21,22,23). The predicted octanol–water partition coefficient (Wildman–Crippen LogP) is 3.55. The first kappa shape index (κ1) is 17.6. The van der Waals surface area contributed by atoms with Gasteiger partial charge in [-0.15, -0.1) is 4.91 Å². The second kappa shape index (κ2) is 8.73. The van der Waals surface area contributed by atoms with Crippen LogP contribution in [-0.4, -0.2) is 29.6 Å². The summed E-state index contributed by atoms with van der Waals surface area (Å²) in [5.74, 6) is 1.46. The minimum Gasteiger partial charge on any atom is -0.368 e. The molecule has 0 amide bonds. The molecular formula is C17H21ClN6O. The molecule has 7 nitrogen and oxygen atoms in total. The molecule has 1 saturated heterocycles. The molecule has 0 bridgehead atoms. The molecule has 0 saturated carbocycles. The number of anilines is 2. The maximum absolute atomic E-state index is 11.0. The number of piperidine rings is 1. The van der Waals surface area contributed by atoms with Gasteiger partial charge >= 0.3 is 0 Å². The van der Waals surface area contributed by atoms with E-state index >= 15 is 0 Å². The van der Waals surface area contributed by atoms with Crippen molar-refractivity contribution in [1.82, 2.24) is 15.3 Å². The van der Waals surface area contributed by atoms with Crippen LogP contribution in [0.2, 0.25) is 5.02 Å². The molecule has 3 rings (SSSR count). The molecule has 0 radical (unpaired) electrons. The number of aromatic nitrogens is 2. The molecule has 1 aromatic carbocycles. The molecule has 0 atom stereocenters. The number of halogens is 1. The second-order valence-electron chi connectivity index (χ2n) is 6.04. The lowest BCUT2D eigenvalue weighted by atomic mass is 9.98. The van der Waals surface area contributed by atoms with Crippen molar-refractivity contribution in [1.29, 1.82) is 0 Å². The Morgan fingerprint density at radius 1 is 1.24 bits per heavy atom. The van der Waals surface area contributed by atoms with Crippen LogP contribution in [0.25, 0.3) is 0 Å². The number of rotatable bonds is 7. The van der Waals surface area contributed by atoms with Gasteiger partial charge in [-0.1, -0.05) is 29.8 Å². The fraction of sp³-hybridized carbons (Fsp3) is 0.412. The first-order chi connectivity index (χ1) is 12.3. The van der Waals surface area contributed by atoms with Gasteiger partial charge in [0.1, 0.15) is 0 Å². The molecule has 1 aromatic heterocycles. The molecule has 2 heterocycles. The Kier molecular flexibility index (Phi) is 6.14. The van der Waals surface area contributed by atoms with Gasteiger partial charge in [0.05, 0.1) is 6.20 Å². The topological polar surface area (TPSA) is 91.3 Å². The Morgan fingerprint density at radius 2 is 2.04 bits per heavy atom. The summed E-state index contributed by atoms with van der Waals surface area (Å²) in [7, 11) is 0. The van der Waals surface area contributed by atoms with Crippen LogP contribution in [0.3, 0.4) is 0 Å². The third kappa shape index (κ3) is 4.87. The summed E-state index contributed by atoms with van der Waals surface area (Å²) >= 11 is 6.15. The second-order valence-corrected chi connectivity index (χ2v) is 6.45. The molecule has 1 aliphatic rings. The average molecular weight is 361 g/mol. The Morgan fingerprint density at radius 3 is 2.80 bits per heavy atom. The maximum Gasteiger partial charge on any atom is 0.225 e. The molecule has 1 aliphatic heterocycles. The zero-order valence-electron chi connectivity index (χ0n) is 13.8. The highest BCUT2D eigenvalue weighted by atomic mass is 35.5. The first-order valence-electron chi connectivity index (χ1n) is 8.38. The highest BCUT2D eigenvalue weighted by Gasteiger charge is 2.15. The Balaban J connectivity index is 1.64. The molecule has 0 aliphatic carbocycles. The smallest absolute Gasteiger partial charge is 0.225 e. The van der Waals surface area contributed by atoms with Crippen molar-refractivity contribution in [3.05, 3.63) is 46.0 Å². The van der Waals surface area contributed by atoms with E-state index in [-0.39, 0.29) is 5.69 Å². The maximum atomic E-state index is 11.0. The summed E-state index contributed by atoms with van der Waals surface area (Å²) in [5, 5.41) is 13.4. The van der Waals surface area contributed by atoms with E-state index in [1.54, 1.807) is 0 Å². The fourth-order valence-corrected chi connectivity index (χ4v) is 3.00. The lowest BCUT2D eigenvalue weighted by molar-refractivity contribution is 0.389. The summed E-state index contributed by atoms with van der Waals surface area (Å²) in [4.78, 5) is 19.5. The highest BCUT2D eigenvalue weighted by molar-refractivity contribution is 6.31. The number of hydrogen-bond acceptors (Lipinski definition) is 7. The lowest BCUT2D eigenvalue weighted by Crippen LogP contribution is -2.31. The van der Waals surface area contributed by atoms with Crippen LogP contribution < -0.4 is 16.0 Å². The largest absolute Gasteiger partial charge is 0.368 e. The zero-order chi connectivity index (χ0) is 17.5. The van der Waals surface area contributed by atoms with Crippen LogP contribution in [0.15, 0.2) is 35.6 Å². The van der Waals surface area contributed by atoms with Gasteiger partial charge in [0.2, 0.25) is 5.95 Å². The van der Waals surface area contributed by atoms with Gasteiger partial charge in [0.15, 0.2) is 11.5 Å². The van der Waals surface area contributed by atoms with E-state index in [0.29, 0.717) is 29.3 Å². The van der Waals surface area contributed by atoms with Crippen LogP contribution >= 0.6 is 11.6 Å². The minimum absolute atomic E-state index is 0.220. The number of nitrogens with zero attached hydrogens (tertiary/aromatic N) is 3. The summed E-state index contributed by atoms with van der Waals surface area (Å²) in [6.45, 7) is 3.32. The van der Waals surface area contributed by atoms with Crippen LogP contribution in [0.1, 0.15) is 18.4 Å². The van der Waals surface area contributed by atoms with Crippen molar-refractivity contribution in [3.63, 3.8) is 0 Å². The average Bonchev–Trinajstić information content (AvgIpc) is 2.66. The van der Waals surface area contributed by atoms with Gasteiger partial charge in [0.25, 0.3) is 0 Å². The molecule has 0 unspecified atom stereocenters. The molecule has 25 heavy (non-hydrogen) atoms. The summed E-state index contributed by atoms with van der Waals surface area (Å²) in [5.41, 5.74) is 1.17. The van der Waals surface area contributed by atoms with Crippen LogP contribution in [0.5, 0.6) is 0 Å². The van der Waals surface area contributed by atoms with E-state index in [1.807, 2.05) is 24.3 Å². The third-order valence-electron chi connectivity index (χ3n) is 4.28. The van der Waals surface area contributed by atoms with Crippen LogP contribution in [-0.2, 0) is 6.54 Å². The van der Waals surface area contributed by atoms with E-state index in [0.717, 1.165) is 38.0 Å². The van der Waals surface area contributed by atoms with Crippen molar-refractivity contribution < 1.29 is 0 Å². The van der Waals surface area contributed by atoms with Crippen LogP contribution in [0, 0.1) is 10.8 Å². The highest BCUT2D eigenvalue weighted by Crippen LogP contribution is 2.24. The van der Waals surface area contributed by atoms with Crippen LogP contribution in [0.4, 0.5) is 17.5 Å². The molecular weight excluding hydrogens is 340 g/mol. The van der Waals surface area contributed by atoms with Crippen molar-refractivity contribution in [2.75, 3.05) is 30.3 Å². The first-order valence-corrected chi connectivity index (χ1v) is 8.76. The van der Waals surface area contributed by atoms with E-state index in [9.17, 15) is 4.91 Å². The van der Waals surface area contributed by atoms with Gasteiger partial charge < -0.3 is 16.0 Å². The van der Waals surface area contributed by atoms with Gasteiger partial charge in [0, 0.05) is 18.1 Å². The van der Waals surface area contributed by atoms with Crippen molar-refractivity contribution >= 4 is 29.1 Å². The minimum atomic E-state index is 0.220. The number of nitrogens with one attached hydrogen (secondary N) is 3. The Labute approximate surface area is 151 Å². The van der Waals surface area contributed by atoms with Gasteiger partial charge in [-0.2, -0.15) is 4.98 Å². The Hall–Kier alpha value is -2.25. The van der Waals surface area contributed by atoms with Crippen molar-refractivity contribution in [2.24, 2.45) is 11.1 Å². The van der Waals surface area contributed by atoms with E-state index < -0.39 is 0 Å². The third-order valence-corrected chi connectivity index (χ3v) is 4.65. The summed E-state index contributed by atoms with van der Waals surface area (Å²) in [6.07, 6.45) is 3.65. The van der Waals surface area contributed by atoms with Crippen molar-refractivity contribution in [2.45, 2.75) is 19.4 Å². The summed E-state index contributed by atoms with van der Waals surface area (Å²) in [6, 6.07) is 7.59. The van der Waals surface area contributed by atoms with E-state index in [4.69, 9.17) is 11.6 Å². The van der Waals surface area contributed by atoms with Gasteiger partial charge in [-0.3, -0.25) is 0 Å². The predicted molar refractivity (Wildman–Crippen MR) is 100 cm³/mol. The molecule has 3 N–H and O–H groups in total. The van der Waals surface area contributed by atoms with Gasteiger partial charge in [-0.25, -0.2) is 4.98 Å². The van der Waals surface area contributed by atoms with Crippen molar-refractivity contribution in [3.8, 4) is 0 Å². The molecule has 132 valence electrons. The normalized spacial score (nSPS) is 14.9. The summed E-state index contributed by atoms with van der Waals surface area (Å²) < 4.78 is 0. The molecule has 0 spiro atoms. The SMILES string of the molecule is O=Nc1cnc(NCc2ccccc2Cl)nc1NCC1CCNCC1. The number of hydrogen-bond donors (Lipinski definition) is 3. The van der Waals surface area contributed by atoms with Gasteiger partial charge in [-0.05, 0) is 48.7 Å². The lowest BCUT2D eigenvalue weighted by Gasteiger charge is -2.23. The quantitative estimate of drug-likeness (QED) is 0.654. The van der Waals surface area contributed by atoms with E-state index in [1.165, 1.54) is 6.20 Å². The molecule has 8 heteroatoms. The molecule has 2 aromatic rings. The Bertz CT molecular complexity index is 720. The fourth-order valence-electron chi connectivity index (χ4n) is 2.80. The molecule has 1 fully saturated rings. The number of nitroso groups, excluding NO2 is 1. The monoisotopic (exact) mass is 360 g/mol. The van der Waals surface area contributed by atoms with E-state index in [2.05, 4.69) is 31.1 Å².